The molecule has 0 spiro atoms. The van der Waals surface area contributed by atoms with Crippen molar-refractivity contribution in [3.05, 3.63) is 47.0 Å². The maximum Gasteiger partial charge on any atom is 0.339 e. The third-order valence-electron chi connectivity index (χ3n) is 4.69. The average Bonchev–Trinajstić information content (AvgIpc) is 2.92. The van der Waals surface area contributed by atoms with E-state index in [1.165, 1.54) is 18.2 Å². The molecule has 136 valence electrons. The Bertz CT molecular complexity index is 1010. The van der Waals surface area contributed by atoms with Crippen molar-refractivity contribution in [1.82, 2.24) is 0 Å². The Hall–Kier alpha value is -2.54. The molecule has 1 aliphatic heterocycles. The second-order valence-corrected chi connectivity index (χ2v) is 8.09. The van der Waals surface area contributed by atoms with E-state index in [-0.39, 0.29) is 22.3 Å². The normalized spacial score (nSPS) is 18.5. The fourth-order valence-electron chi connectivity index (χ4n) is 3.52. The van der Waals surface area contributed by atoms with Gasteiger partial charge in [-0.05, 0) is 42.2 Å². The van der Waals surface area contributed by atoms with Crippen LogP contribution in [0.2, 0.25) is 0 Å². The lowest BCUT2D eigenvalue weighted by molar-refractivity contribution is 0.0989. The molecule has 2 aliphatic rings. The van der Waals surface area contributed by atoms with Crippen LogP contribution in [0, 0.1) is 6.92 Å². The number of ether oxygens (including phenoxy) is 2. The highest BCUT2D eigenvalue weighted by Gasteiger charge is 2.33. The third-order valence-corrected chi connectivity index (χ3v) is 5.92. The van der Waals surface area contributed by atoms with Crippen LogP contribution >= 0.6 is 0 Å². The number of hydrogen-bond donors (Lipinski definition) is 0. The minimum Gasteiger partial charge on any atom is -0.486 e. The van der Waals surface area contributed by atoms with Gasteiger partial charge in [-0.25, -0.2) is 0 Å². The van der Waals surface area contributed by atoms with E-state index in [1.807, 2.05) is 13.8 Å². The maximum absolute atomic E-state index is 12.7. The first-order valence-corrected chi connectivity index (χ1v) is 9.78. The summed E-state index contributed by atoms with van der Waals surface area (Å²) >= 11 is 0. The smallest absolute Gasteiger partial charge is 0.339 e. The van der Waals surface area contributed by atoms with Crippen molar-refractivity contribution >= 4 is 15.9 Å². The predicted octanol–water partition coefficient (Wildman–Crippen LogP) is 3.22. The van der Waals surface area contributed by atoms with Crippen LogP contribution in [0.15, 0.2) is 35.2 Å². The van der Waals surface area contributed by atoms with Crippen LogP contribution in [-0.4, -0.2) is 27.4 Å². The average molecular weight is 374 g/mol. The zero-order valence-electron chi connectivity index (χ0n) is 14.4. The van der Waals surface area contributed by atoms with Crippen molar-refractivity contribution in [3.8, 4) is 17.2 Å². The summed E-state index contributed by atoms with van der Waals surface area (Å²) in [6, 6.07) is 7.64. The number of aryl methyl sites for hydroxylation is 1. The number of ketones is 1. The summed E-state index contributed by atoms with van der Waals surface area (Å²) in [5.41, 5.74) is 2.20. The fraction of sp³-hybridized carbons (Fsp3) is 0.316. The van der Waals surface area contributed by atoms with Gasteiger partial charge in [0.2, 0.25) is 0 Å². The highest BCUT2D eigenvalue weighted by Crippen LogP contribution is 2.41. The Balaban J connectivity index is 1.73. The van der Waals surface area contributed by atoms with Crippen molar-refractivity contribution in [2.24, 2.45) is 0 Å². The second-order valence-electron chi connectivity index (χ2n) is 6.54. The fourth-order valence-corrected chi connectivity index (χ4v) is 4.48. The first kappa shape index (κ1) is 16.9. The van der Waals surface area contributed by atoms with E-state index in [1.54, 1.807) is 12.1 Å². The Morgan fingerprint density at radius 2 is 1.81 bits per heavy atom. The van der Waals surface area contributed by atoms with Gasteiger partial charge in [0.05, 0.1) is 5.56 Å². The van der Waals surface area contributed by atoms with Crippen molar-refractivity contribution in [1.29, 1.82) is 0 Å². The van der Waals surface area contributed by atoms with E-state index in [9.17, 15) is 13.2 Å². The van der Waals surface area contributed by atoms with Crippen LogP contribution in [-0.2, 0) is 10.1 Å². The van der Waals surface area contributed by atoms with E-state index in [2.05, 4.69) is 0 Å². The zero-order chi connectivity index (χ0) is 18.5. The number of carbonyl (C=O) groups excluding carboxylic acids is 1. The van der Waals surface area contributed by atoms with Gasteiger partial charge in [-0.1, -0.05) is 13.0 Å². The molecular formula is C19H18O6S. The topological polar surface area (TPSA) is 78.9 Å². The lowest BCUT2D eigenvalue weighted by atomic mass is 9.98. The number of fused-ring (bicyclic) bond motifs is 2. The highest BCUT2D eigenvalue weighted by atomic mass is 32.2. The molecule has 0 amide bonds. The first-order chi connectivity index (χ1) is 12.4. The molecule has 0 radical (unpaired) electrons. The zero-order valence-corrected chi connectivity index (χ0v) is 15.3. The van der Waals surface area contributed by atoms with Gasteiger partial charge in [0.25, 0.3) is 0 Å². The van der Waals surface area contributed by atoms with Gasteiger partial charge in [-0.2, -0.15) is 8.42 Å². The molecule has 2 aromatic carbocycles. The monoisotopic (exact) mass is 374 g/mol. The minimum atomic E-state index is -4.11. The Labute approximate surface area is 151 Å². The number of rotatable bonds is 3. The second kappa shape index (κ2) is 6.02. The van der Waals surface area contributed by atoms with E-state index >= 15 is 0 Å². The molecule has 4 rings (SSSR count). The molecule has 7 heteroatoms. The van der Waals surface area contributed by atoms with Crippen molar-refractivity contribution in [2.75, 3.05) is 13.2 Å². The van der Waals surface area contributed by atoms with Crippen molar-refractivity contribution < 1.29 is 26.9 Å². The summed E-state index contributed by atoms with van der Waals surface area (Å²) in [6.45, 7) is 4.64. The summed E-state index contributed by atoms with van der Waals surface area (Å²) in [5.74, 6) is 0.895. The molecule has 26 heavy (non-hydrogen) atoms. The lowest BCUT2D eigenvalue weighted by Crippen LogP contribution is -2.17. The largest absolute Gasteiger partial charge is 0.486 e. The van der Waals surface area contributed by atoms with Crippen LogP contribution in [0.3, 0.4) is 0 Å². The SMILES string of the molecule is Cc1ccc(OS(=O)(=O)c2ccc3c(c2)OCCO3)c2c1[C@@H](C)CC2=O. The van der Waals surface area contributed by atoms with E-state index in [0.29, 0.717) is 36.7 Å². The van der Waals surface area contributed by atoms with E-state index in [0.717, 1.165) is 11.1 Å². The molecule has 6 nitrogen and oxygen atoms in total. The minimum absolute atomic E-state index is 0.0467. The number of hydrogen-bond acceptors (Lipinski definition) is 6. The van der Waals surface area contributed by atoms with Crippen LogP contribution in [0.4, 0.5) is 0 Å². The first-order valence-electron chi connectivity index (χ1n) is 8.37. The third kappa shape index (κ3) is 2.72. The molecule has 0 unspecified atom stereocenters. The van der Waals surface area contributed by atoms with Crippen LogP contribution in [0.25, 0.3) is 0 Å². The number of Topliss-reactive ketones (excluding diaryl/α,β-unsaturated/α-hetero) is 1. The molecule has 1 atom stereocenters. The van der Waals surface area contributed by atoms with Gasteiger partial charge in [0.15, 0.2) is 23.0 Å². The van der Waals surface area contributed by atoms with Gasteiger partial charge in [0, 0.05) is 12.5 Å². The quantitative estimate of drug-likeness (QED) is 0.768. The standard InChI is InChI=1S/C19H18O6S/c1-11-3-5-16(19-14(20)9-12(2)18(11)19)25-26(21,22)13-4-6-15-17(10-13)24-8-7-23-15/h3-6,10,12H,7-9H2,1-2H3/t12-/m0/s1. The van der Waals surface area contributed by atoms with Gasteiger partial charge in [0.1, 0.15) is 18.1 Å². The van der Waals surface area contributed by atoms with Gasteiger partial charge in [-0.3, -0.25) is 4.79 Å². The van der Waals surface area contributed by atoms with Crippen molar-refractivity contribution in [3.63, 3.8) is 0 Å². The van der Waals surface area contributed by atoms with Gasteiger partial charge < -0.3 is 13.7 Å². The molecule has 0 saturated heterocycles. The maximum atomic E-state index is 12.7. The molecule has 0 fully saturated rings. The predicted molar refractivity (Wildman–Crippen MR) is 93.8 cm³/mol. The molecule has 0 saturated carbocycles. The molecule has 2 aromatic rings. The molecule has 1 heterocycles. The molecule has 0 bridgehead atoms. The van der Waals surface area contributed by atoms with E-state index < -0.39 is 10.1 Å². The molecule has 0 N–H and O–H groups in total. The van der Waals surface area contributed by atoms with E-state index in [4.69, 9.17) is 13.7 Å². The van der Waals surface area contributed by atoms with Crippen LogP contribution < -0.4 is 13.7 Å². The summed E-state index contributed by atoms with van der Waals surface area (Å²) < 4.78 is 41.6. The number of benzene rings is 2. The van der Waals surface area contributed by atoms with Crippen molar-refractivity contribution in [2.45, 2.75) is 31.1 Å². The Morgan fingerprint density at radius 1 is 1.08 bits per heavy atom. The summed E-state index contributed by atoms with van der Waals surface area (Å²) in [4.78, 5) is 12.3. The van der Waals surface area contributed by atoms with Crippen LogP contribution in [0.1, 0.15) is 40.7 Å². The molecular weight excluding hydrogens is 356 g/mol. The lowest BCUT2D eigenvalue weighted by Gasteiger charge is -2.19. The molecule has 1 aliphatic carbocycles. The highest BCUT2D eigenvalue weighted by molar-refractivity contribution is 7.87. The van der Waals surface area contributed by atoms with Gasteiger partial charge in [-0.15, -0.1) is 0 Å². The summed E-state index contributed by atoms with van der Waals surface area (Å²) in [7, 11) is -4.11. The summed E-state index contributed by atoms with van der Waals surface area (Å²) in [5, 5.41) is 0. The number of carbonyl (C=O) groups is 1. The summed E-state index contributed by atoms with van der Waals surface area (Å²) in [6.07, 6.45) is 0.362. The van der Waals surface area contributed by atoms with Gasteiger partial charge >= 0.3 is 10.1 Å². The van der Waals surface area contributed by atoms with Crippen LogP contribution in [0.5, 0.6) is 17.2 Å². The Kier molecular flexibility index (Phi) is 3.91. The Morgan fingerprint density at radius 3 is 2.58 bits per heavy atom. The molecule has 0 aromatic heterocycles.